The van der Waals surface area contributed by atoms with Gasteiger partial charge in [0.1, 0.15) is 6.10 Å². The Hall–Kier alpha value is -1.55. The Balaban J connectivity index is 2.05. The summed E-state index contributed by atoms with van der Waals surface area (Å²) in [5, 5.41) is 8.86. The number of aliphatic hydroxyl groups is 1. The van der Waals surface area contributed by atoms with Crippen LogP contribution in [0.25, 0.3) is 0 Å². The van der Waals surface area contributed by atoms with Gasteiger partial charge in [-0.15, -0.1) is 0 Å². The van der Waals surface area contributed by atoms with Crippen molar-refractivity contribution in [2.24, 2.45) is 0 Å². The van der Waals surface area contributed by atoms with Gasteiger partial charge in [-0.3, -0.25) is 4.90 Å². The molecule has 2 rings (SSSR count). The van der Waals surface area contributed by atoms with E-state index in [4.69, 9.17) is 9.84 Å². The van der Waals surface area contributed by atoms with Crippen LogP contribution in [0.2, 0.25) is 0 Å². The molecule has 4 heteroatoms. The first-order valence-electron chi connectivity index (χ1n) is 6.42. The lowest BCUT2D eigenvalue weighted by atomic mass is 10.1. The van der Waals surface area contributed by atoms with E-state index in [1.165, 1.54) is 5.56 Å². The molecule has 0 spiro atoms. The van der Waals surface area contributed by atoms with E-state index in [2.05, 4.69) is 6.92 Å². The Morgan fingerprint density at radius 2 is 2.11 bits per heavy atom. The summed E-state index contributed by atoms with van der Waals surface area (Å²) >= 11 is 0. The number of nitrogens with zero attached hydrogens (tertiary/aromatic N) is 1. The van der Waals surface area contributed by atoms with E-state index in [1.807, 2.05) is 24.3 Å². The van der Waals surface area contributed by atoms with Gasteiger partial charge >= 0.3 is 6.09 Å². The number of aliphatic hydroxyl groups excluding tert-OH is 1. The van der Waals surface area contributed by atoms with Gasteiger partial charge in [0.15, 0.2) is 0 Å². The number of cyclic esters (lactones) is 1. The molecule has 0 aliphatic carbocycles. The van der Waals surface area contributed by atoms with E-state index in [0.717, 1.165) is 18.5 Å². The Bertz CT molecular complexity index is 402. The molecular weight excluding hydrogens is 230 g/mol. The zero-order valence-electron chi connectivity index (χ0n) is 10.6. The Morgan fingerprint density at radius 3 is 2.72 bits per heavy atom. The van der Waals surface area contributed by atoms with Crippen LogP contribution in [0.5, 0.6) is 0 Å². The normalized spacial score (nSPS) is 19.1. The van der Waals surface area contributed by atoms with Crippen molar-refractivity contribution in [3.05, 3.63) is 29.8 Å². The average molecular weight is 249 g/mol. The minimum atomic E-state index is -0.323. The number of anilines is 1. The standard InChI is InChI=1S/C14H19NO3/c1-2-3-11-4-6-12(7-5-11)15-10-13(8-9-16)18-14(15)17/h4-7,13,16H,2-3,8-10H2,1H3. The summed E-state index contributed by atoms with van der Waals surface area (Å²) in [5.41, 5.74) is 2.14. The summed E-state index contributed by atoms with van der Waals surface area (Å²) in [7, 11) is 0. The fourth-order valence-electron chi connectivity index (χ4n) is 2.16. The van der Waals surface area contributed by atoms with E-state index in [-0.39, 0.29) is 18.8 Å². The number of hydrogen-bond donors (Lipinski definition) is 1. The maximum atomic E-state index is 11.7. The molecule has 1 N–H and O–H groups in total. The Morgan fingerprint density at radius 1 is 1.39 bits per heavy atom. The molecule has 98 valence electrons. The topological polar surface area (TPSA) is 49.8 Å². The van der Waals surface area contributed by atoms with Gasteiger partial charge < -0.3 is 9.84 Å². The van der Waals surface area contributed by atoms with E-state index in [1.54, 1.807) is 4.90 Å². The van der Waals surface area contributed by atoms with Crippen LogP contribution in [0, 0.1) is 0 Å². The molecule has 0 aromatic heterocycles. The van der Waals surface area contributed by atoms with Crippen LogP contribution in [0.3, 0.4) is 0 Å². The molecule has 1 aromatic carbocycles. The molecule has 18 heavy (non-hydrogen) atoms. The third-order valence-corrected chi connectivity index (χ3v) is 3.11. The number of amides is 1. The molecule has 1 fully saturated rings. The number of hydrogen-bond acceptors (Lipinski definition) is 3. The lowest BCUT2D eigenvalue weighted by molar-refractivity contribution is 0.122. The highest BCUT2D eigenvalue weighted by Gasteiger charge is 2.31. The predicted octanol–water partition coefficient (Wildman–Crippen LogP) is 2.35. The maximum absolute atomic E-state index is 11.7. The van der Waals surface area contributed by atoms with Crippen molar-refractivity contribution >= 4 is 11.8 Å². The third kappa shape index (κ3) is 2.82. The van der Waals surface area contributed by atoms with Crippen LogP contribution in [-0.2, 0) is 11.2 Å². The van der Waals surface area contributed by atoms with Gasteiger partial charge in [-0.1, -0.05) is 25.5 Å². The first-order valence-corrected chi connectivity index (χ1v) is 6.42. The van der Waals surface area contributed by atoms with Crippen LogP contribution < -0.4 is 4.90 Å². The first kappa shape index (κ1) is 12.9. The zero-order valence-corrected chi connectivity index (χ0v) is 10.6. The highest BCUT2D eigenvalue weighted by molar-refractivity contribution is 5.89. The minimum absolute atomic E-state index is 0.0429. The Kier molecular flexibility index (Phi) is 4.20. The van der Waals surface area contributed by atoms with Crippen LogP contribution in [0.15, 0.2) is 24.3 Å². The lowest BCUT2D eigenvalue weighted by Crippen LogP contribution is -2.24. The maximum Gasteiger partial charge on any atom is 0.414 e. The highest BCUT2D eigenvalue weighted by Crippen LogP contribution is 2.23. The molecule has 4 nitrogen and oxygen atoms in total. The SMILES string of the molecule is CCCc1ccc(N2CC(CCO)OC2=O)cc1. The summed E-state index contributed by atoms with van der Waals surface area (Å²) in [6, 6.07) is 8.00. The molecule has 0 saturated carbocycles. The van der Waals surface area contributed by atoms with Crippen molar-refractivity contribution in [3.63, 3.8) is 0 Å². The quantitative estimate of drug-likeness (QED) is 0.871. The Labute approximate surface area is 107 Å². The third-order valence-electron chi connectivity index (χ3n) is 3.11. The number of aryl methyl sites for hydroxylation is 1. The van der Waals surface area contributed by atoms with Crippen molar-refractivity contribution in [2.45, 2.75) is 32.3 Å². The van der Waals surface area contributed by atoms with Crippen molar-refractivity contribution in [3.8, 4) is 0 Å². The van der Waals surface area contributed by atoms with Gasteiger partial charge in [0, 0.05) is 18.7 Å². The summed E-state index contributed by atoms with van der Waals surface area (Å²) in [6.45, 7) is 2.71. The van der Waals surface area contributed by atoms with Crippen LogP contribution >= 0.6 is 0 Å². The number of rotatable bonds is 5. The van der Waals surface area contributed by atoms with Crippen molar-refractivity contribution in [1.29, 1.82) is 0 Å². The second kappa shape index (κ2) is 5.87. The second-order valence-corrected chi connectivity index (χ2v) is 4.55. The predicted molar refractivity (Wildman–Crippen MR) is 69.8 cm³/mol. The fraction of sp³-hybridized carbons (Fsp3) is 0.500. The smallest absolute Gasteiger partial charge is 0.414 e. The van der Waals surface area contributed by atoms with Crippen LogP contribution in [-0.4, -0.2) is 30.5 Å². The number of benzene rings is 1. The molecule has 1 aromatic rings. The molecule has 1 aliphatic heterocycles. The average Bonchev–Trinajstić information content (AvgIpc) is 2.72. The van der Waals surface area contributed by atoms with E-state index < -0.39 is 0 Å². The summed E-state index contributed by atoms with van der Waals surface area (Å²) in [4.78, 5) is 13.3. The number of carbonyl (C=O) groups excluding carboxylic acids is 1. The largest absolute Gasteiger partial charge is 0.444 e. The van der Waals surface area contributed by atoms with Crippen molar-refractivity contribution in [1.82, 2.24) is 0 Å². The second-order valence-electron chi connectivity index (χ2n) is 4.55. The molecule has 1 heterocycles. The van der Waals surface area contributed by atoms with E-state index >= 15 is 0 Å². The van der Waals surface area contributed by atoms with Gasteiger partial charge in [-0.05, 0) is 24.1 Å². The van der Waals surface area contributed by atoms with Crippen LogP contribution in [0.4, 0.5) is 10.5 Å². The zero-order chi connectivity index (χ0) is 13.0. The van der Waals surface area contributed by atoms with Gasteiger partial charge in [0.2, 0.25) is 0 Å². The van der Waals surface area contributed by atoms with Gasteiger partial charge in [-0.2, -0.15) is 0 Å². The molecule has 1 amide bonds. The molecule has 0 bridgehead atoms. The summed E-state index contributed by atoms with van der Waals surface area (Å²) in [6.07, 6.45) is 2.15. The van der Waals surface area contributed by atoms with Crippen molar-refractivity contribution < 1.29 is 14.6 Å². The van der Waals surface area contributed by atoms with Gasteiger partial charge in [-0.25, -0.2) is 4.79 Å². The molecule has 1 atom stereocenters. The van der Waals surface area contributed by atoms with Crippen molar-refractivity contribution in [2.75, 3.05) is 18.1 Å². The number of ether oxygens (including phenoxy) is 1. The molecular formula is C14H19NO3. The number of carbonyl (C=O) groups is 1. The van der Waals surface area contributed by atoms with Gasteiger partial charge in [0.25, 0.3) is 0 Å². The summed E-state index contributed by atoms with van der Waals surface area (Å²) < 4.78 is 5.17. The van der Waals surface area contributed by atoms with Crippen LogP contribution in [0.1, 0.15) is 25.3 Å². The van der Waals surface area contributed by atoms with E-state index in [9.17, 15) is 4.79 Å². The fourth-order valence-corrected chi connectivity index (χ4v) is 2.16. The molecule has 1 saturated heterocycles. The molecule has 0 radical (unpaired) electrons. The molecule has 1 unspecified atom stereocenters. The minimum Gasteiger partial charge on any atom is -0.444 e. The molecule has 1 aliphatic rings. The first-order chi connectivity index (χ1) is 8.74. The lowest BCUT2D eigenvalue weighted by Gasteiger charge is -2.13. The monoisotopic (exact) mass is 249 g/mol. The highest BCUT2D eigenvalue weighted by atomic mass is 16.6. The summed E-state index contributed by atoms with van der Waals surface area (Å²) in [5.74, 6) is 0. The van der Waals surface area contributed by atoms with Gasteiger partial charge in [0.05, 0.1) is 6.54 Å². The van der Waals surface area contributed by atoms with E-state index in [0.29, 0.717) is 13.0 Å².